The molecule has 1 rings (SSSR count). The van der Waals surface area contributed by atoms with Gasteiger partial charge >= 0.3 is 6.18 Å². The van der Waals surface area contributed by atoms with Crippen LogP contribution < -0.4 is 0 Å². The number of aliphatic hydroxyl groups is 1. The van der Waals surface area contributed by atoms with Crippen LogP contribution in [0.1, 0.15) is 30.0 Å². The monoisotopic (exact) mass is 237 g/mol. The Balaban J connectivity index is 3.21. The summed E-state index contributed by atoms with van der Waals surface area (Å²) in [5.41, 5.74) is -3.41. The molecule has 8 heteroatoms. The molecule has 0 saturated carbocycles. The third kappa shape index (κ3) is 2.78. The highest BCUT2D eigenvalue weighted by Gasteiger charge is 2.40. The molecule has 0 fully saturated rings. The van der Waals surface area contributed by atoms with Crippen LogP contribution >= 0.6 is 0 Å². The SMILES string of the molecule is CC(C)(O)Cn1nnc(C=O)c1C(F)(F)F. The van der Waals surface area contributed by atoms with Gasteiger partial charge in [-0.25, -0.2) is 4.68 Å². The van der Waals surface area contributed by atoms with Crippen molar-refractivity contribution in [1.29, 1.82) is 0 Å². The van der Waals surface area contributed by atoms with Gasteiger partial charge in [-0.3, -0.25) is 4.79 Å². The zero-order valence-corrected chi connectivity index (χ0v) is 8.62. The summed E-state index contributed by atoms with van der Waals surface area (Å²) in [5.74, 6) is 0. The van der Waals surface area contributed by atoms with Gasteiger partial charge in [0, 0.05) is 0 Å². The van der Waals surface area contributed by atoms with Gasteiger partial charge < -0.3 is 5.11 Å². The number of aldehydes is 1. The first-order valence-corrected chi connectivity index (χ1v) is 4.33. The molecular weight excluding hydrogens is 227 g/mol. The van der Waals surface area contributed by atoms with Crippen molar-refractivity contribution in [1.82, 2.24) is 15.0 Å². The van der Waals surface area contributed by atoms with Crippen LogP contribution in [0.2, 0.25) is 0 Å². The second-order valence-electron chi connectivity index (χ2n) is 3.91. The number of nitrogens with zero attached hydrogens (tertiary/aromatic N) is 3. The van der Waals surface area contributed by atoms with E-state index in [9.17, 15) is 23.1 Å². The molecule has 0 spiro atoms. The van der Waals surface area contributed by atoms with Gasteiger partial charge in [-0.15, -0.1) is 5.10 Å². The molecule has 0 aliphatic carbocycles. The average molecular weight is 237 g/mol. The van der Waals surface area contributed by atoms with Gasteiger partial charge in [-0.2, -0.15) is 13.2 Å². The number of hydrogen-bond acceptors (Lipinski definition) is 4. The summed E-state index contributed by atoms with van der Waals surface area (Å²) in [6.07, 6.45) is -4.75. The van der Waals surface area contributed by atoms with E-state index in [2.05, 4.69) is 10.3 Å². The summed E-state index contributed by atoms with van der Waals surface area (Å²) in [6.45, 7) is 2.26. The van der Waals surface area contributed by atoms with Gasteiger partial charge in [-0.1, -0.05) is 5.21 Å². The molecule has 0 saturated heterocycles. The van der Waals surface area contributed by atoms with Crippen LogP contribution in [0.4, 0.5) is 13.2 Å². The Bertz CT molecular complexity index is 392. The quantitative estimate of drug-likeness (QED) is 0.792. The Morgan fingerprint density at radius 1 is 1.44 bits per heavy atom. The Morgan fingerprint density at radius 3 is 2.38 bits per heavy atom. The van der Waals surface area contributed by atoms with Gasteiger partial charge in [0.05, 0.1) is 12.1 Å². The van der Waals surface area contributed by atoms with Gasteiger partial charge in [0.15, 0.2) is 17.7 Å². The van der Waals surface area contributed by atoms with Crippen LogP contribution in [0.5, 0.6) is 0 Å². The van der Waals surface area contributed by atoms with E-state index < -0.39 is 29.7 Å². The molecule has 0 aromatic carbocycles. The zero-order valence-electron chi connectivity index (χ0n) is 8.62. The summed E-state index contributed by atoms with van der Waals surface area (Å²) in [7, 11) is 0. The number of halogens is 3. The normalized spacial score (nSPS) is 12.9. The van der Waals surface area contributed by atoms with E-state index in [1.807, 2.05) is 0 Å². The van der Waals surface area contributed by atoms with Crippen molar-refractivity contribution in [3.63, 3.8) is 0 Å². The second kappa shape index (κ2) is 3.85. The lowest BCUT2D eigenvalue weighted by Gasteiger charge is -2.18. The van der Waals surface area contributed by atoms with Crippen LogP contribution in [0.15, 0.2) is 0 Å². The van der Waals surface area contributed by atoms with E-state index in [4.69, 9.17) is 0 Å². The molecule has 0 aliphatic rings. The maximum absolute atomic E-state index is 12.6. The van der Waals surface area contributed by atoms with Gasteiger partial charge in [0.2, 0.25) is 0 Å². The van der Waals surface area contributed by atoms with E-state index in [-0.39, 0.29) is 6.29 Å². The molecule has 1 aromatic heterocycles. The van der Waals surface area contributed by atoms with Crippen molar-refractivity contribution >= 4 is 6.29 Å². The molecule has 0 amide bonds. The van der Waals surface area contributed by atoms with Crippen molar-refractivity contribution in [2.24, 2.45) is 0 Å². The highest BCUT2D eigenvalue weighted by Crippen LogP contribution is 2.31. The highest BCUT2D eigenvalue weighted by molar-refractivity contribution is 5.73. The predicted octanol–water partition coefficient (Wildman–Crippen LogP) is 0.880. The Labute approximate surface area is 88.9 Å². The van der Waals surface area contributed by atoms with Gasteiger partial charge in [0.25, 0.3) is 0 Å². The Kier molecular flexibility index (Phi) is 3.04. The lowest BCUT2D eigenvalue weighted by atomic mass is 10.1. The van der Waals surface area contributed by atoms with Crippen molar-refractivity contribution in [2.45, 2.75) is 32.2 Å². The summed E-state index contributed by atoms with van der Waals surface area (Å²) in [6, 6.07) is 0. The van der Waals surface area contributed by atoms with Crippen molar-refractivity contribution in [3.8, 4) is 0 Å². The molecule has 16 heavy (non-hydrogen) atoms. The minimum Gasteiger partial charge on any atom is -0.389 e. The molecule has 1 N–H and O–H groups in total. The number of hydrogen-bond donors (Lipinski definition) is 1. The molecule has 0 aliphatic heterocycles. The second-order valence-corrected chi connectivity index (χ2v) is 3.91. The van der Waals surface area contributed by atoms with E-state index in [0.29, 0.717) is 4.68 Å². The van der Waals surface area contributed by atoms with Gasteiger partial charge in [-0.05, 0) is 13.8 Å². The molecule has 5 nitrogen and oxygen atoms in total. The highest BCUT2D eigenvalue weighted by atomic mass is 19.4. The van der Waals surface area contributed by atoms with E-state index in [0.717, 1.165) is 0 Å². The predicted molar refractivity (Wildman–Crippen MR) is 46.7 cm³/mol. The van der Waals surface area contributed by atoms with E-state index in [1.54, 1.807) is 0 Å². The molecule has 1 heterocycles. The summed E-state index contributed by atoms with van der Waals surface area (Å²) in [5, 5.41) is 15.7. The average Bonchev–Trinajstić information content (AvgIpc) is 2.43. The molecule has 0 radical (unpaired) electrons. The number of carbonyl (C=O) groups is 1. The van der Waals surface area contributed by atoms with Crippen LogP contribution in [0.3, 0.4) is 0 Å². The molecule has 1 aromatic rings. The standard InChI is InChI=1S/C8H10F3N3O2/c1-7(2,16)4-14-6(8(9,10)11)5(3-15)12-13-14/h3,16H,4H2,1-2H3. The fourth-order valence-electron chi connectivity index (χ4n) is 1.17. The molecule has 90 valence electrons. The first-order chi connectivity index (χ1) is 7.15. The van der Waals surface area contributed by atoms with Crippen LogP contribution in [-0.2, 0) is 12.7 Å². The zero-order chi connectivity index (χ0) is 12.6. The third-order valence-corrected chi connectivity index (χ3v) is 1.68. The summed E-state index contributed by atoms with van der Waals surface area (Å²) >= 11 is 0. The maximum atomic E-state index is 12.6. The number of alkyl halides is 3. The Hall–Kier alpha value is -1.44. The minimum absolute atomic E-state index is 0.0172. The topological polar surface area (TPSA) is 68.0 Å². The smallest absolute Gasteiger partial charge is 0.389 e. The van der Waals surface area contributed by atoms with E-state index >= 15 is 0 Å². The van der Waals surface area contributed by atoms with Crippen LogP contribution in [0, 0.1) is 0 Å². The lowest BCUT2D eigenvalue weighted by Crippen LogP contribution is -2.29. The van der Waals surface area contributed by atoms with Crippen molar-refractivity contribution in [3.05, 3.63) is 11.4 Å². The molecular formula is C8H10F3N3O2. The van der Waals surface area contributed by atoms with Crippen LogP contribution in [0.25, 0.3) is 0 Å². The number of carbonyl (C=O) groups excluding carboxylic acids is 1. The number of aromatic nitrogens is 3. The first-order valence-electron chi connectivity index (χ1n) is 4.33. The van der Waals surface area contributed by atoms with Gasteiger partial charge in [0.1, 0.15) is 0 Å². The lowest BCUT2D eigenvalue weighted by molar-refractivity contribution is -0.145. The third-order valence-electron chi connectivity index (χ3n) is 1.68. The summed E-state index contributed by atoms with van der Waals surface area (Å²) in [4.78, 5) is 10.4. The van der Waals surface area contributed by atoms with Crippen LogP contribution in [-0.4, -0.2) is 32.0 Å². The van der Waals surface area contributed by atoms with E-state index in [1.165, 1.54) is 13.8 Å². The Morgan fingerprint density at radius 2 is 2.00 bits per heavy atom. The van der Waals surface area contributed by atoms with Crippen molar-refractivity contribution in [2.75, 3.05) is 0 Å². The molecule has 0 unspecified atom stereocenters. The first kappa shape index (κ1) is 12.6. The molecule has 0 atom stereocenters. The fraction of sp³-hybridized carbons (Fsp3) is 0.625. The number of rotatable bonds is 3. The largest absolute Gasteiger partial charge is 0.435 e. The van der Waals surface area contributed by atoms with Crippen molar-refractivity contribution < 1.29 is 23.1 Å². The summed E-state index contributed by atoms with van der Waals surface area (Å²) < 4.78 is 38.2. The minimum atomic E-state index is -4.73. The molecule has 0 bridgehead atoms. The fourth-order valence-corrected chi connectivity index (χ4v) is 1.17. The maximum Gasteiger partial charge on any atom is 0.435 e.